The Hall–Kier alpha value is -3.57. The van der Waals surface area contributed by atoms with E-state index >= 15 is 0 Å². The van der Waals surface area contributed by atoms with Gasteiger partial charge in [0.05, 0.1) is 24.3 Å². The maximum atomic E-state index is 14.5. The molecule has 1 unspecified atom stereocenters. The molecular weight excluding hydrogens is 547 g/mol. The van der Waals surface area contributed by atoms with Gasteiger partial charge in [-0.3, -0.25) is 4.99 Å². The Morgan fingerprint density at radius 1 is 1.21 bits per heavy atom. The standard InChI is InChI=1S/C27H26ClFN4O5S/c1-3-37-27(35)19-21(14-7-9-15(10-8-14)24-31-18(13-38-24)26(34)36-2)32-23(25-30-11-12-39-25)33-22(19)16-5-4-6-17(29)20(16)28/h4-6,11-15,22H,3,7-10H2,1-2H3,(H,32,33)/t14-,15+,22?. The molecule has 2 aliphatic rings. The van der Waals surface area contributed by atoms with Crippen molar-refractivity contribution in [3.05, 3.63) is 80.3 Å². The number of hydrogen-bond acceptors (Lipinski definition) is 10. The van der Waals surface area contributed by atoms with Crippen molar-refractivity contribution in [3.8, 4) is 0 Å². The average molecular weight is 573 g/mol. The van der Waals surface area contributed by atoms with Gasteiger partial charge < -0.3 is 19.2 Å². The summed E-state index contributed by atoms with van der Waals surface area (Å²) < 4.78 is 30.3. The smallest absolute Gasteiger partial charge is 0.360 e. The van der Waals surface area contributed by atoms with Crippen LogP contribution in [0.2, 0.25) is 5.02 Å². The lowest BCUT2D eigenvalue weighted by atomic mass is 9.78. The van der Waals surface area contributed by atoms with Gasteiger partial charge in [0.1, 0.15) is 18.1 Å². The number of methoxy groups -OCH3 is 1. The van der Waals surface area contributed by atoms with Crippen molar-refractivity contribution < 1.29 is 27.9 Å². The molecule has 9 nitrogen and oxygen atoms in total. The van der Waals surface area contributed by atoms with Gasteiger partial charge in [0.25, 0.3) is 0 Å². The number of halogens is 2. The van der Waals surface area contributed by atoms with Gasteiger partial charge >= 0.3 is 11.9 Å². The molecule has 39 heavy (non-hydrogen) atoms. The van der Waals surface area contributed by atoms with Crippen LogP contribution in [-0.2, 0) is 14.3 Å². The van der Waals surface area contributed by atoms with Crippen molar-refractivity contribution in [2.24, 2.45) is 10.9 Å². The molecule has 1 fully saturated rings. The number of ether oxygens (including phenoxy) is 2. The fraction of sp³-hybridized carbons (Fsp3) is 0.370. The minimum absolute atomic E-state index is 0.00968. The van der Waals surface area contributed by atoms with Crippen molar-refractivity contribution in [2.45, 2.75) is 44.6 Å². The van der Waals surface area contributed by atoms with E-state index in [1.807, 2.05) is 5.38 Å². The molecule has 3 heterocycles. The number of carbonyl (C=O) groups excluding carboxylic acids is 2. The van der Waals surface area contributed by atoms with Crippen molar-refractivity contribution in [1.29, 1.82) is 0 Å². The summed E-state index contributed by atoms with van der Waals surface area (Å²) in [4.78, 5) is 38.7. The minimum Gasteiger partial charge on any atom is -0.464 e. The molecule has 0 amide bonds. The molecule has 3 aromatic rings. The van der Waals surface area contributed by atoms with Gasteiger partial charge in [0.15, 0.2) is 22.4 Å². The lowest BCUT2D eigenvalue weighted by molar-refractivity contribution is -0.139. The lowest BCUT2D eigenvalue weighted by Gasteiger charge is -2.34. The lowest BCUT2D eigenvalue weighted by Crippen LogP contribution is -2.38. The molecule has 1 atom stereocenters. The Morgan fingerprint density at radius 3 is 2.67 bits per heavy atom. The summed E-state index contributed by atoms with van der Waals surface area (Å²) in [5, 5.41) is 5.74. The Kier molecular flexibility index (Phi) is 8.08. The van der Waals surface area contributed by atoms with Gasteiger partial charge in [-0.1, -0.05) is 23.7 Å². The van der Waals surface area contributed by atoms with E-state index in [4.69, 9.17) is 30.5 Å². The molecule has 0 spiro atoms. The maximum absolute atomic E-state index is 14.5. The number of aliphatic imine (C=N–C) groups is 1. The number of carbonyl (C=O) groups is 2. The van der Waals surface area contributed by atoms with Crippen molar-refractivity contribution in [3.63, 3.8) is 0 Å². The number of allylic oxidation sites excluding steroid dienone is 1. The first-order valence-corrected chi connectivity index (χ1v) is 13.8. The fourth-order valence-corrected chi connectivity index (χ4v) is 5.85. The third-order valence-electron chi connectivity index (χ3n) is 6.88. The van der Waals surface area contributed by atoms with Gasteiger partial charge in [0, 0.05) is 28.8 Å². The summed E-state index contributed by atoms with van der Waals surface area (Å²) in [7, 11) is 1.29. The number of nitrogens with zero attached hydrogens (tertiary/aromatic N) is 3. The van der Waals surface area contributed by atoms with E-state index < -0.39 is 23.8 Å². The quantitative estimate of drug-likeness (QED) is 0.364. The maximum Gasteiger partial charge on any atom is 0.360 e. The van der Waals surface area contributed by atoms with Crippen molar-refractivity contribution in [2.75, 3.05) is 13.7 Å². The Bertz CT molecular complexity index is 1430. The highest BCUT2D eigenvalue weighted by atomic mass is 35.5. The Balaban J connectivity index is 1.51. The summed E-state index contributed by atoms with van der Waals surface area (Å²) in [5.41, 5.74) is 1.48. The van der Waals surface area contributed by atoms with Gasteiger partial charge in [-0.05, 0) is 44.6 Å². The van der Waals surface area contributed by atoms with E-state index in [0.29, 0.717) is 59.3 Å². The van der Waals surface area contributed by atoms with E-state index in [-0.39, 0.29) is 29.2 Å². The van der Waals surface area contributed by atoms with Crippen LogP contribution < -0.4 is 5.32 Å². The fourth-order valence-electron chi connectivity index (χ4n) is 5.03. The number of thiazole rings is 1. The zero-order valence-electron chi connectivity index (χ0n) is 21.3. The monoisotopic (exact) mass is 572 g/mol. The second-order valence-corrected chi connectivity index (χ2v) is 10.4. The number of rotatable bonds is 7. The summed E-state index contributed by atoms with van der Waals surface area (Å²) in [6.45, 7) is 1.90. The average Bonchev–Trinajstić information content (AvgIpc) is 3.67. The molecule has 1 N–H and O–H groups in total. The van der Waals surface area contributed by atoms with Crippen LogP contribution in [-0.4, -0.2) is 41.5 Å². The molecule has 12 heteroatoms. The number of aromatic nitrogens is 2. The van der Waals surface area contributed by atoms with Crippen molar-refractivity contribution >= 4 is 40.7 Å². The first kappa shape index (κ1) is 27.0. The summed E-state index contributed by atoms with van der Waals surface area (Å²) in [6.07, 6.45) is 5.79. The number of oxazole rings is 1. The molecular formula is C27H26ClFN4O5S. The molecule has 1 aliphatic carbocycles. The first-order chi connectivity index (χ1) is 18.9. The molecule has 1 aliphatic heterocycles. The van der Waals surface area contributed by atoms with Gasteiger partial charge in [-0.25, -0.2) is 23.9 Å². The molecule has 1 saturated carbocycles. The second-order valence-electron chi connectivity index (χ2n) is 9.14. The Morgan fingerprint density at radius 2 is 1.97 bits per heavy atom. The topological polar surface area (TPSA) is 116 Å². The number of esters is 2. The highest BCUT2D eigenvalue weighted by Crippen LogP contribution is 2.44. The number of hydrogen-bond donors (Lipinski definition) is 1. The zero-order chi connectivity index (χ0) is 27.5. The highest BCUT2D eigenvalue weighted by Gasteiger charge is 2.38. The Labute approximate surface area is 233 Å². The van der Waals surface area contributed by atoms with Crippen molar-refractivity contribution in [1.82, 2.24) is 15.3 Å². The van der Waals surface area contributed by atoms with Crippen LogP contribution in [0.15, 0.2) is 56.7 Å². The molecule has 1 aromatic carbocycles. The van der Waals surface area contributed by atoms with Gasteiger partial charge in [-0.15, -0.1) is 11.3 Å². The number of nitrogens with one attached hydrogen (secondary N) is 1. The first-order valence-electron chi connectivity index (χ1n) is 12.5. The van der Waals surface area contributed by atoms with E-state index in [1.54, 1.807) is 25.3 Å². The third kappa shape index (κ3) is 5.46. The predicted molar refractivity (Wildman–Crippen MR) is 142 cm³/mol. The normalized spacial score (nSPS) is 21.2. The third-order valence-corrected chi connectivity index (χ3v) is 8.06. The molecule has 0 radical (unpaired) electrons. The van der Waals surface area contributed by atoms with Crippen LogP contribution in [0.1, 0.15) is 71.5 Å². The van der Waals surface area contributed by atoms with E-state index in [0.717, 1.165) is 0 Å². The molecule has 0 saturated heterocycles. The van der Waals surface area contributed by atoms with E-state index in [2.05, 4.69) is 15.3 Å². The highest BCUT2D eigenvalue weighted by molar-refractivity contribution is 7.11. The molecule has 2 aromatic heterocycles. The van der Waals surface area contributed by atoms with Crippen LogP contribution >= 0.6 is 22.9 Å². The van der Waals surface area contributed by atoms with Crippen LogP contribution in [0, 0.1) is 11.7 Å². The molecule has 0 bridgehead atoms. The minimum atomic E-state index is -0.880. The number of benzene rings is 1. The van der Waals surface area contributed by atoms with Gasteiger partial charge in [-0.2, -0.15) is 0 Å². The summed E-state index contributed by atoms with van der Waals surface area (Å²) in [6, 6.07) is 3.60. The number of amidine groups is 1. The van der Waals surface area contributed by atoms with E-state index in [1.165, 1.54) is 30.8 Å². The largest absolute Gasteiger partial charge is 0.464 e. The second kappa shape index (κ2) is 11.7. The van der Waals surface area contributed by atoms with Crippen LogP contribution in [0.4, 0.5) is 4.39 Å². The molecule has 5 rings (SSSR count). The van der Waals surface area contributed by atoms with E-state index in [9.17, 15) is 14.0 Å². The summed E-state index contributed by atoms with van der Waals surface area (Å²) in [5.74, 6) is -0.765. The van der Waals surface area contributed by atoms with Gasteiger partial charge in [0.2, 0.25) is 0 Å². The SMILES string of the molecule is CCOC(=O)C1=C([C@H]2CC[C@@H](c3nc(C(=O)OC)co3)CC2)NC(c2nccs2)=NC1c1cccc(F)c1Cl. The zero-order valence-corrected chi connectivity index (χ0v) is 22.9. The predicted octanol–water partition coefficient (Wildman–Crippen LogP) is 5.59. The molecule has 204 valence electrons. The van der Waals surface area contributed by atoms with Crippen LogP contribution in [0.3, 0.4) is 0 Å². The summed E-state index contributed by atoms with van der Waals surface area (Å²) >= 11 is 7.80. The van der Waals surface area contributed by atoms with Crippen LogP contribution in [0.25, 0.3) is 0 Å². The van der Waals surface area contributed by atoms with Crippen LogP contribution in [0.5, 0.6) is 0 Å².